The molecule has 0 aliphatic heterocycles. The number of pyridine rings is 1. The number of nitrogens with zero attached hydrogens (tertiary/aromatic N) is 2. The second kappa shape index (κ2) is 7.41. The van der Waals surface area contributed by atoms with E-state index >= 15 is 0 Å². The summed E-state index contributed by atoms with van der Waals surface area (Å²) in [5, 5.41) is 4.82. The summed E-state index contributed by atoms with van der Waals surface area (Å²) in [5.74, 6) is 0. The van der Waals surface area contributed by atoms with Crippen LogP contribution in [0.4, 0.5) is 5.69 Å². The Bertz CT molecular complexity index is 588. The van der Waals surface area contributed by atoms with E-state index in [4.69, 9.17) is 0 Å². The Hall–Kier alpha value is -1.61. The summed E-state index contributed by atoms with van der Waals surface area (Å²) in [6.07, 6.45) is 1.16. The summed E-state index contributed by atoms with van der Waals surface area (Å²) >= 11 is 0. The average Bonchev–Trinajstić information content (AvgIpc) is 2.48. The Morgan fingerprint density at radius 3 is 2.57 bits per heavy atom. The van der Waals surface area contributed by atoms with Crippen LogP contribution in [0.1, 0.15) is 31.5 Å². The van der Waals surface area contributed by atoms with Crippen LogP contribution >= 0.6 is 0 Å². The van der Waals surface area contributed by atoms with Crippen molar-refractivity contribution in [3.63, 3.8) is 0 Å². The molecule has 3 heteroatoms. The summed E-state index contributed by atoms with van der Waals surface area (Å²) in [6, 6.07) is 8.60. The van der Waals surface area contributed by atoms with Gasteiger partial charge in [0.2, 0.25) is 0 Å². The zero-order chi connectivity index (χ0) is 15.2. The molecule has 0 aliphatic rings. The normalized spacial score (nSPS) is 11.3. The second-order valence-electron chi connectivity index (χ2n) is 5.64. The van der Waals surface area contributed by atoms with Crippen molar-refractivity contribution in [3.8, 4) is 0 Å². The minimum atomic E-state index is 1.00. The Balaban J connectivity index is 2.06. The molecule has 0 unspecified atom stereocenters. The van der Waals surface area contributed by atoms with E-state index in [9.17, 15) is 0 Å². The molecule has 1 aromatic heterocycles. The van der Waals surface area contributed by atoms with Gasteiger partial charge in [-0.1, -0.05) is 25.5 Å². The first-order valence-electron chi connectivity index (χ1n) is 7.98. The van der Waals surface area contributed by atoms with E-state index in [-0.39, 0.29) is 0 Å². The van der Waals surface area contributed by atoms with Gasteiger partial charge in [0.15, 0.2) is 0 Å². The van der Waals surface area contributed by atoms with Crippen LogP contribution in [0.2, 0.25) is 0 Å². The van der Waals surface area contributed by atoms with Gasteiger partial charge < -0.3 is 10.2 Å². The molecule has 0 bridgehead atoms. The van der Waals surface area contributed by atoms with Gasteiger partial charge >= 0.3 is 0 Å². The minimum Gasteiger partial charge on any atom is -0.384 e. The maximum absolute atomic E-state index is 4.61. The SMILES string of the molecule is CCN(CC)CCCNc1cc(C)nc2ccc(C)cc12. The Morgan fingerprint density at radius 1 is 1.10 bits per heavy atom. The number of rotatable bonds is 7. The molecule has 2 aromatic rings. The molecule has 1 heterocycles. The quantitative estimate of drug-likeness (QED) is 0.780. The van der Waals surface area contributed by atoms with Gasteiger partial charge in [-0.05, 0) is 58.1 Å². The number of fused-ring (bicyclic) bond motifs is 1. The highest BCUT2D eigenvalue weighted by Crippen LogP contribution is 2.24. The Labute approximate surface area is 128 Å². The number of hydrogen-bond acceptors (Lipinski definition) is 3. The molecule has 0 spiro atoms. The lowest BCUT2D eigenvalue weighted by Crippen LogP contribution is -2.25. The van der Waals surface area contributed by atoms with Crippen LogP contribution in [0, 0.1) is 13.8 Å². The standard InChI is InChI=1S/C18H27N3/c1-5-21(6-2)11-7-10-19-18-13-15(4)20-17-9-8-14(3)12-16(17)18/h8-9,12-13H,5-7,10-11H2,1-4H3,(H,19,20). The van der Waals surface area contributed by atoms with Crippen molar-refractivity contribution in [3.05, 3.63) is 35.5 Å². The third kappa shape index (κ3) is 4.18. The summed E-state index contributed by atoms with van der Waals surface area (Å²) in [5.41, 5.74) is 4.63. The highest BCUT2D eigenvalue weighted by molar-refractivity contribution is 5.91. The van der Waals surface area contributed by atoms with Crippen LogP contribution in [0.25, 0.3) is 10.9 Å². The topological polar surface area (TPSA) is 28.2 Å². The van der Waals surface area contributed by atoms with Gasteiger partial charge in [0, 0.05) is 23.3 Å². The van der Waals surface area contributed by atoms with Gasteiger partial charge in [-0.25, -0.2) is 0 Å². The molecule has 3 nitrogen and oxygen atoms in total. The molecular weight excluding hydrogens is 258 g/mol. The maximum Gasteiger partial charge on any atom is 0.0726 e. The predicted molar refractivity (Wildman–Crippen MR) is 92.1 cm³/mol. The van der Waals surface area contributed by atoms with Gasteiger partial charge in [-0.3, -0.25) is 4.98 Å². The van der Waals surface area contributed by atoms with Gasteiger partial charge in [0.05, 0.1) is 5.52 Å². The maximum atomic E-state index is 4.61. The van der Waals surface area contributed by atoms with Gasteiger partial charge in [-0.2, -0.15) is 0 Å². The van der Waals surface area contributed by atoms with Crippen molar-refractivity contribution >= 4 is 16.6 Å². The van der Waals surface area contributed by atoms with Crippen LogP contribution in [0.3, 0.4) is 0 Å². The first-order chi connectivity index (χ1) is 10.1. The Morgan fingerprint density at radius 2 is 1.86 bits per heavy atom. The molecule has 0 atom stereocenters. The smallest absolute Gasteiger partial charge is 0.0726 e. The van der Waals surface area contributed by atoms with Crippen LogP contribution in [0.5, 0.6) is 0 Å². The first kappa shape index (κ1) is 15.8. The molecule has 0 fully saturated rings. The fourth-order valence-electron chi connectivity index (χ4n) is 2.68. The zero-order valence-electron chi connectivity index (χ0n) is 13.7. The lowest BCUT2D eigenvalue weighted by atomic mass is 10.1. The van der Waals surface area contributed by atoms with Crippen molar-refractivity contribution < 1.29 is 0 Å². The molecule has 0 saturated carbocycles. The lowest BCUT2D eigenvalue weighted by molar-refractivity contribution is 0.303. The molecule has 1 aromatic carbocycles. The van der Waals surface area contributed by atoms with Crippen LogP contribution in [0.15, 0.2) is 24.3 Å². The molecular formula is C18H27N3. The molecule has 0 saturated heterocycles. The van der Waals surface area contributed by atoms with Gasteiger partial charge in [0.25, 0.3) is 0 Å². The van der Waals surface area contributed by atoms with Gasteiger partial charge in [-0.15, -0.1) is 0 Å². The van der Waals surface area contributed by atoms with E-state index in [1.54, 1.807) is 0 Å². The fraction of sp³-hybridized carbons (Fsp3) is 0.500. The number of anilines is 1. The van der Waals surface area contributed by atoms with E-state index < -0.39 is 0 Å². The first-order valence-corrected chi connectivity index (χ1v) is 7.98. The van der Waals surface area contributed by atoms with Crippen LogP contribution < -0.4 is 5.32 Å². The number of benzene rings is 1. The van der Waals surface area contributed by atoms with Crippen LogP contribution in [-0.4, -0.2) is 36.1 Å². The fourth-order valence-corrected chi connectivity index (χ4v) is 2.68. The molecule has 0 radical (unpaired) electrons. The third-order valence-corrected chi connectivity index (χ3v) is 3.95. The summed E-state index contributed by atoms with van der Waals surface area (Å²) in [6.45, 7) is 13.0. The van der Waals surface area contributed by atoms with E-state index in [0.29, 0.717) is 0 Å². The molecule has 0 aliphatic carbocycles. The zero-order valence-corrected chi connectivity index (χ0v) is 13.7. The van der Waals surface area contributed by atoms with Crippen LogP contribution in [-0.2, 0) is 0 Å². The minimum absolute atomic E-state index is 1.00. The number of aromatic nitrogens is 1. The third-order valence-electron chi connectivity index (χ3n) is 3.95. The van der Waals surface area contributed by atoms with E-state index in [1.807, 2.05) is 0 Å². The average molecular weight is 285 g/mol. The molecule has 1 N–H and O–H groups in total. The van der Waals surface area contributed by atoms with Crippen molar-refractivity contribution in [2.24, 2.45) is 0 Å². The van der Waals surface area contributed by atoms with E-state index in [2.05, 4.69) is 67.2 Å². The summed E-state index contributed by atoms with van der Waals surface area (Å²) < 4.78 is 0. The summed E-state index contributed by atoms with van der Waals surface area (Å²) in [7, 11) is 0. The largest absolute Gasteiger partial charge is 0.384 e. The molecule has 2 rings (SSSR count). The van der Waals surface area contributed by atoms with Crippen molar-refractivity contribution in [2.45, 2.75) is 34.1 Å². The van der Waals surface area contributed by atoms with Crippen molar-refractivity contribution in [2.75, 3.05) is 31.5 Å². The highest BCUT2D eigenvalue weighted by atomic mass is 15.1. The molecule has 114 valence electrons. The molecule has 0 amide bonds. The van der Waals surface area contributed by atoms with E-state index in [0.717, 1.165) is 43.8 Å². The van der Waals surface area contributed by atoms with Gasteiger partial charge in [0.1, 0.15) is 0 Å². The van der Waals surface area contributed by atoms with Crippen molar-refractivity contribution in [1.29, 1.82) is 0 Å². The van der Waals surface area contributed by atoms with E-state index in [1.165, 1.54) is 16.6 Å². The predicted octanol–water partition coefficient (Wildman–Crippen LogP) is 4.00. The van der Waals surface area contributed by atoms with Crippen molar-refractivity contribution in [1.82, 2.24) is 9.88 Å². The second-order valence-corrected chi connectivity index (χ2v) is 5.64. The Kier molecular flexibility index (Phi) is 5.57. The number of aryl methyl sites for hydroxylation is 2. The molecule has 21 heavy (non-hydrogen) atoms. The lowest BCUT2D eigenvalue weighted by Gasteiger charge is -2.18. The highest BCUT2D eigenvalue weighted by Gasteiger charge is 2.04. The monoisotopic (exact) mass is 285 g/mol. The summed E-state index contributed by atoms with van der Waals surface area (Å²) in [4.78, 5) is 7.07. The number of hydrogen-bond donors (Lipinski definition) is 1. The number of nitrogens with one attached hydrogen (secondary N) is 1.